The number of rotatable bonds is 6. The maximum Gasteiger partial charge on any atom is 0.304 e. The lowest BCUT2D eigenvalue weighted by Gasteiger charge is -2.26. The number of amides is 1. The van der Waals surface area contributed by atoms with Crippen molar-refractivity contribution in [3.05, 3.63) is 59.9 Å². The molecule has 0 aliphatic rings. The molecule has 1 N–H and O–H groups in total. The molecular formula is C17H20FN3O3S. The van der Waals surface area contributed by atoms with E-state index < -0.39 is 28.5 Å². The molecule has 2 aromatic carbocycles. The van der Waals surface area contributed by atoms with Gasteiger partial charge in [0.2, 0.25) is 5.91 Å². The molecule has 0 bridgehead atoms. The van der Waals surface area contributed by atoms with Crippen LogP contribution in [0.4, 0.5) is 15.8 Å². The Labute approximate surface area is 147 Å². The molecule has 0 aromatic heterocycles. The molecule has 134 valence electrons. The van der Waals surface area contributed by atoms with Crippen molar-refractivity contribution in [2.75, 3.05) is 30.3 Å². The van der Waals surface area contributed by atoms with E-state index in [-0.39, 0.29) is 5.69 Å². The topological polar surface area (TPSA) is 69.7 Å². The van der Waals surface area contributed by atoms with Gasteiger partial charge in [0.25, 0.3) is 0 Å². The fourth-order valence-electron chi connectivity index (χ4n) is 2.16. The molecule has 2 rings (SSSR count). The lowest BCUT2D eigenvalue weighted by atomic mass is 10.2. The lowest BCUT2D eigenvalue weighted by molar-refractivity contribution is -0.114. The third kappa shape index (κ3) is 4.77. The van der Waals surface area contributed by atoms with Crippen LogP contribution in [-0.2, 0) is 15.0 Å². The van der Waals surface area contributed by atoms with Crippen molar-refractivity contribution in [3.8, 4) is 0 Å². The number of anilines is 2. The molecule has 0 radical (unpaired) electrons. The predicted octanol–water partition coefficient (Wildman–Crippen LogP) is 2.39. The van der Waals surface area contributed by atoms with Gasteiger partial charge in [-0.25, -0.2) is 8.70 Å². The zero-order valence-corrected chi connectivity index (χ0v) is 15.0. The summed E-state index contributed by atoms with van der Waals surface area (Å²) in [4.78, 5) is 12.3. The highest BCUT2D eigenvalue weighted by atomic mass is 32.2. The minimum absolute atomic E-state index is 0.203. The van der Waals surface area contributed by atoms with Gasteiger partial charge in [0.15, 0.2) is 0 Å². The van der Waals surface area contributed by atoms with Gasteiger partial charge in [-0.3, -0.25) is 4.79 Å². The maximum atomic E-state index is 13.1. The van der Waals surface area contributed by atoms with Gasteiger partial charge in [0, 0.05) is 19.8 Å². The first kappa shape index (κ1) is 18.9. The second kappa shape index (κ2) is 7.62. The molecule has 0 aliphatic heterocycles. The van der Waals surface area contributed by atoms with Crippen LogP contribution in [0, 0.1) is 12.7 Å². The Kier molecular flexibility index (Phi) is 5.76. The Hall–Kier alpha value is -2.45. The van der Waals surface area contributed by atoms with Crippen LogP contribution in [-0.4, -0.2) is 39.3 Å². The van der Waals surface area contributed by atoms with Gasteiger partial charge in [-0.05, 0) is 48.9 Å². The third-order valence-corrected chi connectivity index (χ3v) is 5.26. The number of carbonyl (C=O) groups excluding carboxylic acids is 1. The van der Waals surface area contributed by atoms with Crippen molar-refractivity contribution in [1.29, 1.82) is 0 Å². The number of nitrogens with one attached hydrogen (secondary N) is 1. The summed E-state index contributed by atoms with van der Waals surface area (Å²) in [6, 6.07) is 12.1. The van der Waals surface area contributed by atoms with Gasteiger partial charge < -0.3 is 5.32 Å². The SMILES string of the molecule is Cc1cccc(NC(=O)CN(c2ccc(F)cc2)S(=O)(=O)N(C)C)c1. The van der Waals surface area contributed by atoms with Crippen molar-refractivity contribution in [1.82, 2.24) is 4.31 Å². The van der Waals surface area contributed by atoms with E-state index in [0.29, 0.717) is 5.69 Å². The average Bonchev–Trinajstić information content (AvgIpc) is 2.53. The number of halogens is 1. The molecule has 0 heterocycles. The standard InChI is InChI=1S/C17H20FN3O3S/c1-13-5-4-6-15(11-13)19-17(22)12-21(25(23,24)20(2)3)16-9-7-14(18)8-10-16/h4-11H,12H2,1-3H3,(H,19,22). The van der Waals surface area contributed by atoms with Gasteiger partial charge in [-0.2, -0.15) is 12.7 Å². The summed E-state index contributed by atoms with van der Waals surface area (Å²) >= 11 is 0. The second-order valence-corrected chi connectivity index (χ2v) is 7.76. The molecule has 0 fully saturated rings. The summed E-state index contributed by atoms with van der Waals surface area (Å²) in [6.07, 6.45) is 0. The number of nitrogens with zero attached hydrogens (tertiary/aromatic N) is 2. The Balaban J connectivity index is 2.27. The van der Waals surface area contributed by atoms with Crippen LogP contribution in [0.3, 0.4) is 0 Å². The van der Waals surface area contributed by atoms with E-state index >= 15 is 0 Å². The summed E-state index contributed by atoms with van der Waals surface area (Å²) in [7, 11) is -1.19. The van der Waals surface area contributed by atoms with E-state index in [1.807, 2.05) is 13.0 Å². The van der Waals surface area contributed by atoms with E-state index in [4.69, 9.17) is 0 Å². The Morgan fingerprint density at radius 3 is 2.32 bits per heavy atom. The highest BCUT2D eigenvalue weighted by Gasteiger charge is 2.27. The average molecular weight is 365 g/mol. The summed E-state index contributed by atoms with van der Waals surface area (Å²) in [5, 5.41) is 2.67. The highest BCUT2D eigenvalue weighted by Crippen LogP contribution is 2.20. The van der Waals surface area contributed by atoms with Crippen LogP contribution in [0.15, 0.2) is 48.5 Å². The van der Waals surface area contributed by atoms with Crippen LogP contribution in [0.5, 0.6) is 0 Å². The van der Waals surface area contributed by atoms with Gasteiger partial charge in [0.05, 0.1) is 5.69 Å². The van der Waals surface area contributed by atoms with Gasteiger partial charge in [-0.1, -0.05) is 12.1 Å². The van der Waals surface area contributed by atoms with E-state index in [1.54, 1.807) is 18.2 Å². The number of hydrogen-bond donors (Lipinski definition) is 1. The zero-order valence-electron chi connectivity index (χ0n) is 14.2. The Morgan fingerprint density at radius 1 is 1.12 bits per heavy atom. The van der Waals surface area contributed by atoms with E-state index in [1.165, 1.54) is 26.2 Å². The molecule has 1 amide bonds. The Morgan fingerprint density at radius 2 is 1.76 bits per heavy atom. The van der Waals surface area contributed by atoms with E-state index in [9.17, 15) is 17.6 Å². The minimum atomic E-state index is -3.92. The monoisotopic (exact) mass is 365 g/mol. The highest BCUT2D eigenvalue weighted by molar-refractivity contribution is 7.90. The van der Waals surface area contributed by atoms with Crippen molar-refractivity contribution in [2.45, 2.75) is 6.92 Å². The van der Waals surface area contributed by atoms with Crippen LogP contribution >= 0.6 is 0 Å². The second-order valence-electron chi connectivity index (χ2n) is 5.69. The summed E-state index contributed by atoms with van der Waals surface area (Å²) < 4.78 is 40.1. The zero-order chi connectivity index (χ0) is 18.6. The molecule has 0 aliphatic carbocycles. The summed E-state index contributed by atoms with van der Waals surface area (Å²) in [5.41, 5.74) is 1.75. The van der Waals surface area contributed by atoms with Crippen LogP contribution in [0.25, 0.3) is 0 Å². The molecule has 0 saturated heterocycles. The molecule has 25 heavy (non-hydrogen) atoms. The Bertz CT molecular complexity index is 852. The van der Waals surface area contributed by atoms with Crippen molar-refractivity contribution < 1.29 is 17.6 Å². The van der Waals surface area contributed by atoms with Gasteiger partial charge in [0.1, 0.15) is 12.4 Å². The molecule has 0 unspecified atom stereocenters. The smallest absolute Gasteiger partial charge is 0.304 e. The van der Waals surface area contributed by atoms with Gasteiger partial charge in [-0.15, -0.1) is 0 Å². The number of carbonyl (C=O) groups is 1. The molecule has 0 saturated carbocycles. The number of hydrogen-bond acceptors (Lipinski definition) is 3. The van der Waals surface area contributed by atoms with Crippen molar-refractivity contribution in [3.63, 3.8) is 0 Å². The maximum absolute atomic E-state index is 13.1. The fraction of sp³-hybridized carbons (Fsp3) is 0.235. The third-order valence-electron chi connectivity index (χ3n) is 3.44. The van der Waals surface area contributed by atoms with Crippen molar-refractivity contribution in [2.24, 2.45) is 0 Å². The first-order valence-electron chi connectivity index (χ1n) is 7.52. The predicted molar refractivity (Wildman–Crippen MR) is 96.2 cm³/mol. The molecular weight excluding hydrogens is 345 g/mol. The number of aryl methyl sites for hydroxylation is 1. The minimum Gasteiger partial charge on any atom is -0.325 e. The van der Waals surface area contributed by atoms with E-state index in [2.05, 4.69) is 5.32 Å². The van der Waals surface area contributed by atoms with E-state index in [0.717, 1.165) is 26.3 Å². The van der Waals surface area contributed by atoms with Crippen LogP contribution in [0.2, 0.25) is 0 Å². The van der Waals surface area contributed by atoms with Crippen molar-refractivity contribution >= 4 is 27.5 Å². The largest absolute Gasteiger partial charge is 0.325 e. The molecule has 6 nitrogen and oxygen atoms in total. The summed E-state index contributed by atoms with van der Waals surface area (Å²) in [6.45, 7) is 1.46. The first-order valence-corrected chi connectivity index (χ1v) is 8.92. The fourth-order valence-corrected chi connectivity index (χ4v) is 3.23. The number of benzene rings is 2. The molecule has 8 heteroatoms. The summed E-state index contributed by atoms with van der Waals surface area (Å²) in [5.74, 6) is -0.990. The van der Waals surface area contributed by atoms with Crippen LogP contribution < -0.4 is 9.62 Å². The molecule has 0 spiro atoms. The normalized spacial score (nSPS) is 11.4. The van der Waals surface area contributed by atoms with Crippen LogP contribution in [0.1, 0.15) is 5.56 Å². The lowest BCUT2D eigenvalue weighted by Crippen LogP contribution is -2.44. The first-order chi connectivity index (χ1) is 11.7. The molecule has 0 atom stereocenters. The quantitative estimate of drug-likeness (QED) is 0.855. The van der Waals surface area contributed by atoms with Gasteiger partial charge >= 0.3 is 10.2 Å². The molecule has 2 aromatic rings.